The number of nitrogens with zero attached hydrogens (tertiary/aromatic N) is 5. The number of aromatic nitrogens is 2. The lowest BCUT2D eigenvalue weighted by molar-refractivity contribution is -0.0139. The molecule has 1 aromatic heterocycles. The summed E-state index contributed by atoms with van der Waals surface area (Å²) >= 11 is 0. The molecule has 2 fully saturated rings. The lowest BCUT2D eigenvalue weighted by Gasteiger charge is -2.43. The van der Waals surface area contributed by atoms with Crippen molar-refractivity contribution in [3.63, 3.8) is 0 Å². The molecular formula is C30H36N6O4S. The number of rotatable bonds is 6. The monoisotopic (exact) mass is 576 g/mol. The number of hydrogen-bond acceptors (Lipinski definition) is 8. The summed E-state index contributed by atoms with van der Waals surface area (Å²) in [6.45, 7) is 3.36. The zero-order chi connectivity index (χ0) is 28.4. The van der Waals surface area contributed by atoms with Crippen LogP contribution in [0.25, 0.3) is 0 Å². The molecule has 0 saturated carbocycles. The van der Waals surface area contributed by atoms with Gasteiger partial charge in [0.1, 0.15) is 17.8 Å². The maximum Gasteiger partial charge on any atom is 0.272 e. The van der Waals surface area contributed by atoms with Gasteiger partial charge in [0.15, 0.2) is 0 Å². The van der Waals surface area contributed by atoms with Crippen molar-refractivity contribution in [3.05, 3.63) is 83.8 Å². The molecule has 0 unspecified atom stereocenters. The second kappa shape index (κ2) is 11.8. The second-order valence-corrected chi connectivity index (χ2v) is 13.0. The van der Waals surface area contributed by atoms with E-state index in [4.69, 9.17) is 0 Å². The first kappa shape index (κ1) is 27.8. The van der Waals surface area contributed by atoms with Gasteiger partial charge >= 0.3 is 0 Å². The van der Waals surface area contributed by atoms with Crippen LogP contribution < -0.4 is 5.32 Å². The van der Waals surface area contributed by atoms with Crippen molar-refractivity contribution in [3.8, 4) is 0 Å². The Morgan fingerprint density at radius 1 is 0.902 bits per heavy atom. The van der Waals surface area contributed by atoms with E-state index in [1.165, 1.54) is 21.8 Å². The molecule has 0 spiro atoms. The first-order valence-electron chi connectivity index (χ1n) is 14.3. The van der Waals surface area contributed by atoms with Crippen LogP contribution in [0.1, 0.15) is 40.9 Å². The van der Waals surface area contributed by atoms with Crippen molar-refractivity contribution in [1.29, 1.82) is 0 Å². The van der Waals surface area contributed by atoms with E-state index in [0.717, 1.165) is 19.5 Å². The van der Waals surface area contributed by atoms with Gasteiger partial charge in [0.25, 0.3) is 5.91 Å². The zero-order valence-electron chi connectivity index (χ0n) is 23.0. The lowest BCUT2D eigenvalue weighted by Crippen LogP contribution is -2.56. The molecule has 2 N–H and O–H groups in total. The molecule has 2 saturated heterocycles. The maximum atomic E-state index is 13.3. The molecule has 0 bridgehead atoms. The molecule has 4 heterocycles. The Morgan fingerprint density at radius 3 is 2.39 bits per heavy atom. The minimum Gasteiger partial charge on any atom is -0.390 e. The van der Waals surface area contributed by atoms with E-state index in [9.17, 15) is 18.3 Å². The van der Waals surface area contributed by atoms with Crippen LogP contribution in [0.3, 0.4) is 0 Å². The molecular weight excluding hydrogens is 540 g/mol. The summed E-state index contributed by atoms with van der Waals surface area (Å²) in [7, 11) is -3.51. The van der Waals surface area contributed by atoms with Gasteiger partial charge in [0.05, 0.1) is 11.0 Å². The van der Waals surface area contributed by atoms with E-state index in [0.29, 0.717) is 49.6 Å². The highest BCUT2D eigenvalue weighted by Gasteiger charge is 2.36. The molecule has 11 heteroatoms. The molecule has 1 amide bonds. The van der Waals surface area contributed by atoms with Crippen LogP contribution in [0, 0.1) is 0 Å². The van der Waals surface area contributed by atoms with E-state index in [1.807, 2.05) is 0 Å². The SMILES string of the molecule is O=C(c1cc(NC2CCN(S(=O)(=O)c3ccccc3)CC2)ncn1)N1CC[C@@H](N2CCc3ccccc3C2)[C@H](O)C1. The highest BCUT2D eigenvalue weighted by molar-refractivity contribution is 7.89. The summed E-state index contributed by atoms with van der Waals surface area (Å²) in [5, 5.41) is 14.4. The smallest absolute Gasteiger partial charge is 0.272 e. The summed E-state index contributed by atoms with van der Waals surface area (Å²) < 4.78 is 27.4. The van der Waals surface area contributed by atoms with Crippen LogP contribution in [0.15, 0.2) is 71.9 Å². The van der Waals surface area contributed by atoms with Gasteiger partial charge in [-0.25, -0.2) is 18.4 Å². The Morgan fingerprint density at radius 2 is 1.63 bits per heavy atom. The van der Waals surface area contributed by atoms with Crippen LogP contribution in [0.4, 0.5) is 5.82 Å². The van der Waals surface area contributed by atoms with Crippen molar-refractivity contribution in [2.24, 2.45) is 0 Å². The summed E-state index contributed by atoms with van der Waals surface area (Å²) in [4.78, 5) is 26.2. The molecule has 0 radical (unpaired) electrons. The van der Waals surface area contributed by atoms with Crippen molar-refractivity contribution in [2.75, 3.05) is 38.0 Å². The van der Waals surface area contributed by atoms with Gasteiger partial charge in [0, 0.05) is 57.4 Å². The van der Waals surface area contributed by atoms with Crippen LogP contribution in [0.2, 0.25) is 0 Å². The number of benzene rings is 2. The van der Waals surface area contributed by atoms with Crippen molar-refractivity contribution >= 4 is 21.7 Å². The Labute approximate surface area is 241 Å². The fraction of sp³-hybridized carbons (Fsp3) is 0.433. The molecule has 3 aliphatic rings. The number of carbonyl (C=O) groups is 1. The minimum atomic E-state index is -3.51. The normalized spacial score (nSPS) is 22.7. The number of carbonyl (C=O) groups excluding carboxylic acids is 1. The van der Waals surface area contributed by atoms with Crippen molar-refractivity contribution in [2.45, 2.75) is 55.3 Å². The number of amides is 1. The van der Waals surface area contributed by atoms with Crippen molar-refractivity contribution in [1.82, 2.24) is 24.1 Å². The molecule has 6 rings (SSSR count). The van der Waals surface area contributed by atoms with Gasteiger partial charge in [-0.2, -0.15) is 4.31 Å². The number of hydrogen-bond donors (Lipinski definition) is 2. The molecule has 2 aromatic carbocycles. The van der Waals surface area contributed by atoms with Crippen LogP contribution in [-0.2, 0) is 23.0 Å². The molecule has 3 aliphatic heterocycles. The summed E-state index contributed by atoms with van der Waals surface area (Å²) in [5.74, 6) is 0.316. The first-order chi connectivity index (χ1) is 19.9. The third-order valence-corrected chi connectivity index (χ3v) is 10.4. The van der Waals surface area contributed by atoms with E-state index in [1.54, 1.807) is 41.3 Å². The topological polar surface area (TPSA) is 119 Å². The van der Waals surface area contributed by atoms with E-state index >= 15 is 0 Å². The quantitative estimate of drug-likeness (QED) is 0.459. The summed E-state index contributed by atoms with van der Waals surface area (Å²) in [5.41, 5.74) is 2.97. The van der Waals surface area contributed by atoms with Gasteiger partial charge in [-0.05, 0) is 48.9 Å². The largest absolute Gasteiger partial charge is 0.390 e. The Kier molecular flexibility index (Phi) is 8.03. The van der Waals surface area contributed by atoms with E-state index < -0.39 is 16.1 Å². The zero-order valence-corrected chi connectivity index (χ0v) is 23.8. The molecule has 2 atom stereocenters. The third-order valence-electron chi connectivity index (χ3n) is 8.54. The first-order valence-corrected chi connectivity index (χ1v) is 15.7. The number of aliphatic hydroxyl groups is 1. The average molecular weight is 577 g/mol. The van der Waals surface area contributed by atoms with Crippen molar-refractivity contribution < 1.29 is 18.3 Å². The fourth-order valence-electron chi connectivity index (χ4n) is 6.24. The molecule has 0 aliphatic carbocycles. The predicted octanol–water partition coefficient (Wildman–Crippen LogP) is 2.38. The number of fused-ring (bicyclic) bond motifs is 1. The second-order valence-electron chi connectivity index (χ2n) is 11.1. The number of sulfonamides is 1. The number of anilines is 1. The van der Waals surface area contributed by atoms with Gasteiger partial charge < -0.3 is 15.3 Å². The van der Waals surface area contributed by atoms with Crippen LogP contribution in [-0.4, -0.2) is 94.4 Å². The maximum absolute atomic E-state index is 13.3. The Bertz CT molecular complexity index is 1480. The predicted molar refractivity (Wildman–Crippen MR) is 155 cm³/mol. The molecule has 10 nitrogen and oxygen atoms in total. The summed E-state index contributed by atoms with van der Waals surface area (Å²) in [6, 6.07) is 18.7. The standard InChI is InChI=1S/C30H36N6O4S/c37-28-20-35(15-13-27(28)34-14-10-22-6-4-5-7-23(22)19-34)30(38)26-18-29(32-21-31-26)33-24-11-16-36(17-12-24)41(39,40)25-8-2-1-3-9-25/h1-9,18,21,24,27-28,37H,10-17,19-20H2,(H,31,32,33)/t27-,28-/m1/s1. The molecule has 41 heavy (non-hydrogen) atoms. The average Bonchev–Trinajstić information content (AvgIpc) is 3.01. The van der Waals surface area contributed by atoms with E-state index in [-0.39, 0.29) is 30.2 Å². The Hall–Kier alpha value is -3.38. The minimum absolute atomic E-state index is 0.0200. The number of likely N-dealkylation sites (tertiary alicyclic amines) is 1. The molecule has 216 valence electrons. The van der Waals surface area contributed by atoms with Gasteiger partial charge in [-0.15, -0.1) is 0 Å². The van der Waals surface area contributed by atoms with Gasteiger partial charge in [-0.1, -0.05) is 42.5 Å². The van der Waals surface area contributed by atoms with Gasteiger partial charge in [0.2, 0.25) is 10.0 Å². The van der Waals surface area contributed by atoms with Crippen LogP contribution in [0.5, 0.6) is 0 Å². The number of aliphatic hydroxyl groups excluding tert-OH is 1. The number of nitrogens with one attached hydrogen (secondary N) is 1. The summed E-state index contributed by atoms with van der Waals surface area (Å²) in [6.07, 6.45) is 3.67. The highest BCUT2D eigenvalue weighted by Crippen LogP contribution is 2.26. The fourth-order valence-corrected chi connectivity index (χ4v) is 7.73. The van der Waals surface area contributed by atoms with E-state index in [2.05, 4.69) is 44.5 Å². The van der Waals surface area contributed by atoms with Gasteiger partial charge in [-0.3, -0.25) is 9.69 Å². The molecule has 3 aromatic rings. The third kappa shape index (κ3) is 5.99. The lowest BCUT2D eigenvalue weighted by atomic mass is 9.94. The Balaban J connectivity index is 1.03. The number of piperidine rings is 2. The highest BCUT2D eigenvalue weighted by atomic mass is 32.2. The number of β-amino-alcohol motifs (C(OH)–C–C–N with tert-alkyl or cyclic N) is 1. The van der Waals surface area contributed by atoms with Crippen LogP contribution >= 0.6 is 0 Å².